The van der Waals surface area contributed by atoms with Crippen molar-refractivity contribution >= 4 is 17.2 Å². The Morgan fingerprint density at radius 3 is 2.32 bits per heavy atom. The van der Waals surface area contributed by atoms with Crippen LogP contribution in [0.5, 0.6) is 5.75 Å². The topological polar surface area (TPSA) is 9.23 Å². The number of hydrogen-bond acceptors (Lipinski definition) is 1. The van der Waals surface area contributed by atoms with Gasteiger partial charge < -0.3 is 4.74 Å². The fourth-order valence-electron chi connectivity index (χ4n) is 1.58. The van der Waals surface area contributed by atoms with Gasteiger partial charge in [-0.05, 0) is 36.1 Å². The average Bonchev–Trinajstić information content (AvgIpc) is 2.54. The molecule has 2 heteroatoms. The number of benzene rings is 1. The van der Waals surface area contributed by atoms with Gasteiger partial charge >= 0.3 is 0 Å². The zero-order valence-corrected chi connectivity index (χ0v) is 14.9. The summed E-state index contributed by atoms with van der Waals surface area (Å²) in [6.07, 6.45) is 11.3. The predicted molar refractivity (Wildman–Crippen MR) is 101 cm³/mol. The van der Waals surface area contributed by atoms with Crippen molar-refractivity contribution in [2.24, 2.45) is 0 Å². The highest BCUT2D eigenvalue weighted by molar-refractivity contribution is 6.17. The molecule has 1 nitrogen and oxygen atoms in total. The summed E-state index contributed by atoms with van der Waals surface area (Å²) in [4.78, 5) is 0. The van der Waals surface area contributed by atoms with Gasteiger partial charge in [0.1, 0.15) is 5.75 Å². The Kier molecular flexibility index (Phi) is 13.5. The Hall–Kier alpha value is -1.47. The van der Waals surface area contributed by atoms with Crippen LogP contribution in [0.2, 0.25) is 0 Å². The Morgan fingerprint density at radius 1 is 1.18 bits per heavy atom. The quantitative estimate of drug-likeness (QED) is 0.296. The van der Waals surface area contributed by atoms with Crippen molar-refractivity contribution in [3.63, 3.8) is 0 Å². The molecule has 0 bridgehead atoms. The van der Waals surface area contributed by atoms with E-state index < -0.39 is 0 Å². The Bertz CT molecular complexity index is 443. The summed E-state index contributed by atoms with van der Waals surface area (Å²) < 4.78 is 5.57. The van der Waals surface area contributed by atoms with Gasteiger partial charge in [0, 0.05) is 5.88 Å². The fraction of sp³-hybridized carbons (Fsp3) is 0.400. The predicted octanol–water partition coefficient (Wildman–Crippen LogP) is 6.65. The number of hydrogen-bond donors (Lipinski definition) is 0. The summed E-state index contributed by atoms with van der Waals surface area (Å²) in [5, 5.41) is 0. The monoisotopic (exact) mass is 320 g/mol. The molecule has 0 atom stereocenters. The van der Waals surface area contributed by atoms with Crippen molar-refractivity contribution in [1.82, 2.24) is 0 Å². The molecule has 0 unspecified atom stereocenters. The second-order valence-corrected chi connectivity index (χ2v) is 5.16. The van der Waals surface area contributed by atoms with E-state index in [1.807, 2.05) is 30.3 Å². The largest absolute Gasteiger partial charge is 0.494 e. The molecule has 1 aromatic rings. The maximum atomic E-state index is 5.61. The van der Waals surface area contributed by atoms with Crippen molar-refractivity contribution in [2.75, 3.05) is 12.5 Å². The lowest BCUT2D eigenvalue weighted by Gasteiger charge is -2.06. The van der Waals surface area contributed by atoms with Crippen LogP contribution >= 0.6 is 11.6 Å². The molecule has 1 aromatic carbocycles. The van der Waals surface area contributed by atoms with Gasteiger partial charge in [-0.15, -0.1) is 11.6 Å². The van der Waals surface area contributed by atoms with Crippen LogP contribution in [0.25, 0.3) is 5.57 Å². The van der Waals surface area contributed by atoms with Crippen molar-refractivity contribution in [1.29, 1.82) is 0 Å². The van der Waals surface area contributed by atoms with Crippen LogP contribution in [0.15, 0.2) is 55.1 Å². The zero-order valence-electron chi connectivity index (χ0n) is 14.1. The molecule has 0 radical (unpaired) electrons. The molecule has 0 aliphatic rings. The first-order valence-corrected chi connectivity index (χ1v) is 8.55. The van der Waals surface area contributed by atoms with E-state index >= 15 is 0 Å². The zero-order chi connectivity index (χ0) is 16.6. The third-order valence-electron chi connectivity index (χ3n) is 2.60. The highest BCUT2D eigenvalue weighted by Crippen LogP contribution is 2.20. The SMILES string of the molecule is C=C/C(=C\C=C\CC)c1ccc(OCCCCl)cc1.CCC. The van der Waals surface area contributed by atoms with Gasteiger partial charge in [0.15, 0.2) is 0 Å². The molecule has 0 spiro atoms. The molecule has 0 aromatic heterocycles. The molecule has 0 heterocycles. The van der Waals surface area contributed by atoms with Gasteiger partial charge in [0.05, 0.1) is 6.61 Å². The summed E-state index contributed by atoms with van der Waals surface area (Å²) in [6, 6.07) is 8.04. The molecule has 0 amide bonds. The van der Waals surface area contributed by atoms with Crippen molar-refractivity contribution in [3.8, 4) is 5.75 Å². The van der Waals surface area contributed by atoms with Gasteiger partial charge in [-0.2, -0.15) is 0 Å². The van der Waals surface area contributed by atoms with E-state index in [9.17, 15) is 0 Å². The van der Waals surface area contributed by atoms with E-state index in [1.54, 1.807) is 0 Å². The molecule has 0 aliphatic heterocycles. The van der Waals surface area contributed by atoms with Crippen LogP contribution in [0.4, 0.5) is 0 Å². The van der Waals surface area contributed by atoms with Gasteiger partial charge in [-0.3, -0.25) is 0 Å². The highest BCUT2D eigenvalue weighted by atomic mass is 35.5. The maximum Gasteiger partial charge on any atom is 0.119 e. The average molecular weight is 321 g/mol. The van der Waals surface area contributed by atoms with Crippen molar-refractivity contribution in [3.05, 3.63) is 60.7 Å². The summed E-state index contributed by atoms with van der Waals surface area (Å²) >= 11 is 5.61. The van der Waals surface area contributed by atoms with Crippen LogP contribution in [0.3, 0.4) is 0 Å². The Labute approximate surface area is 141 Å². The first kappa shape index (κ1) is 20.5. The van der Waals surface area contributed by atoms with Gasteiger partial charge in [0.2, 0.25) is 0 Å². The summed E-state index contributed by atoms with van der Waals surface area (Å²) in [5.74, 6) is 1.51. The molecule has 122 valence electrons. The van der Waals surface area contributed by atoms with Gasteiger partial charge in [0.25, 0.3) is 0 Å². The smallest absolute Gasteiger partial charge is 0.119 e. The normalized spacial score (nSPS) is 11.0. The second kappa shape index (κ2) is 14.5. The van der Waals surface area contributed by atoms with E-state index in [2.05, 4.69) is 45.6 Å². The van der Waals surface area contributed by atoms with Crippen molar-refractivity contribution in [2.45, 2.75) is 40.0 Å². The van der Waals surface area contributed by atoms with Crippen LogP contribution in [0, 0.1) is 0 Å². The molecule has 0 fully saturated rings. The molecule has 22 heavy (non-hydrogen) atoms. The number of halogens is 1. The standard InChI is InChI=1S/C17H21ClO.C3H8/c1-3-5-6-8-15(4-2)16-9-11-17(12-10-16)19-14-7-13-18;1-3-2/h4-6,8-12H,2-3,7,13-14H2,1H3;3H2,1-2H3/b6-5+,15-8+;. The molecule has 0 saturated carbocycles. The molecule has 0 N–H and O–H groups in total. The molecule has 0 aliphatic carbocycles. The lowest BCUT2D eigenvalue weighted by Crippen LogP contribution is -1.97. The number of ether oxygens (including phenoxy) is 1. The van der Waals surface area contributed by atoms with E-state index in [4.69, 9.17) is 16.3 Å². The van der Waals surface area contributed by atoms with E-state index in [-0.39, 0.29) is 0 Å². The minimum atomic E-state index is 0.630. The van der Waals surface area contributed by atoms with Crippen molar-refractivity contribution < 1.29 is 4.74 Å². The van der Waals surface area contributed by atoms with Crippen LogP contribution < -0.4 is 4.74 Å². The van der Waals surface area contributed by atoms with E-state index in [0.29, 0.717) is 12.5 Å². The fourth-order valence-corrected chi connectivity index (χ4v) is 1.69. The molecular formula is C20H29ClO. The third-order valence-corrected chi connectivity index (χ3v) is 2.87. The number of allylic oxidation sites excluding steroid dienone is 5. The van der Waals surface area contributed by atoms with Crippen LogP contribution in [0.1, 0.15) is 45.6 Å². The van der Waals surface area contributed by atoms with Gasteiger partial charge in [-0.25, -0.2) is 0 Å². The highest BCUT2D eigenvalue weighted by Gasteiger charge is 1.98. The Balaban J connectivity index is 0.00000135. The first-order valence-electron chi connectivity index (χ1n) is 8.01. The minimum absolute atomic E-state index is 0.630. The van der Waals surface area contributed by atoms with E-state index in [1.165, 1.54) is 6.42 Å². The van der Waals surface area contributed by atoms with E-state index in [0.717, 1.165) is 29.7 Å². The lowest BCUT2D eigenvalue weighted by molar-refractivity contribution is 0.318. The third kappa shape index (κ3) is 9.46. The van der Waals surface area contributed by atoms with Gasteiger partial charge in [-0.1, -0.05) is 70.2 Å². The first-order chi connectivity index (χ1) is 10.7. The minimum Gasteiger partial charge on any atom is -0.494 e. The molecular weight excluding hydrogens is 292 g/mol. The maximum absolute atomic E-state index is 5.61. The Morgan fingerprint density at radius 2 is 1.82 bits per heavy atom. The summed E-state index contributed by atoms with van der Waals surface area (Å²) in [7, 11) is 0. The summed E-state index contributed by atoms with van der Waals surface area (Å²) in [5.41, 5.74) is 2.25. The van der Waals surface area contributed by atoms with Crippen LogP contribution in [-0.2, 0) is 0 Å². The second-order valence-electron chi connectivity index (χ2n) is 4.79. The molecule has 1 rings (SSSR count). The van der Waals surface area contributed by atoms with Crippen LogP contribution in [-0.4, -0.2) is 12.5 Å². The number of alkyl halides is 1. The molecule has 0 saturated heterocycles. The number of rotatable bonds is 8. The lowest BCUT2D eigenvalue weighted by atomic mass is 10.1. The summed E-state index contributed by atoms with van der Waals surface area (Å²) in [6.45, 7) is 10.9.